The van der Waals surface area contributed by atoms with Gasteiger partial charge in [-0.05, 0) is 12.1 Å². The first-order valence-electron chi connectivity index (χ1n) is 6.89. The molecule has 23 heavy (non-hydrogen) atoms. The second kappa shape index (κ2) is 6.15. The summed E-state index contributed by atoms with van der Waals surface area (Å²) in [4.78, 5) is 30.6. The molecular weight excluding hydrogens is 294 g/mol. The van der Waals surface area contributed by atoms with Crippen LogP contribution in [0.3, 0.4) is 0 Å². The highest BCUT2D eigenvalue weighted by Gasteiger charge is 2.16. The SMILES string of the molecule is O=C(O)c1ccccc1C(=O)Nc1nc(-c2ccccc2)c[nH]1. The van der Waals surface area contributed by atoms with Gasteiger partial charge < -0.3 is 10.1 Å². The number of imidazole rings is 1. The minimum absolute atomic E-state index is 0.0557. The van der Waals surface area contributed by atoms with E-state index in [1.54, 1.807) is 18.3 Å². The molecule has 6 heteroatoms. The second-order valence-corrected chi connectivity index (χ2v) is 4.81. The number of aromatic amines is 1. The van der Waals surface area contributed by atoms with Gasteiger partial charge in [0.15, 0.2) is 0 Å². The van der Waals surface area contributed by atoms with Gasteiger partial charge in [0.25, 0.3) is 5.91 Å². The predicted molar refractivity (Wildman–Crippen MR) is 85.4 cm³/mol. The summed E-state index contributed by atoms with van der Waals surface area (Å²) in [6, 6.07) is 15.5. The summed E-state index contributed by atoms with van der Waals surface area (Å²) in [5.41, 5.74) is 1.63. The minimum atomic E-state index is -1.15. The van der Waals surface area contributed by atoms with Crippen LogP contribution in [0.2, 0.25) is 0 Å². The molecule has 0 atom stereocenters. The first-order valence-corrected chi connectivity index (χ1v) is 6.89. The van der Waals surface area contributed by atoms with Crippen molar-refractivity contribution in [3.05, 3.63) is 71.9 Å². The van der Waals surface area contributed by atoms with Crippen molar-refractivity contribution in [1.82, 2.24) is 9.97 Å². The van der Waals surface area contributed by atoms with Crippen LogP contribution in [-0.2, 0) is 0 Å². The number of hydrogen-bond acceptors (Lipinski definition) is 3. The predicted octanol–water partition coefficient (Wildman–Crippen LogP) is 3.03. The molecule has 3 aromatic rings. The normalized spacial score (nSPS) is 10.3. The number of rotatable bonds is 4. The topological polar surface area (TPSA) is 95.1 Å². The number of nitrogens with zero attached hydrogens (tertiary/aromatic N) is 1. The third-order valence-electron chi connectivity index (χ3n) is 3.28. The maximum absolute atomic E-state index is 12.3. The summed E-state index contributed by atoms with van der Waals surface area (Å²) in [6.07, 6.45) is 1.67. The lowest BCUT2D eigenvalue weighted by atomic mass is 10.1. The van der Waals surface area contributed by atoms with E-state index in [1.807, 2.05) is 30.3 Å². The lowest BCUT2D eigenvalue weighted by Gasteiger charge is -2.05. The number of hydrogen-bond donors (Lipinski definition) is 3. The van der Waals surface area contributed by atoms with Gasteiger partial charge in [0.05, 0.1) is 16.8 Å². The van der Waals surface area contributed by atoms with Crippen molar-refractivity contribution in [3.63, 3.8) is 0 Å². The molecule has 6 nitrogen and oxygen atoms in total. The fourth-order valence-corrected chi connectivity index (χ4v) is 2.19. The number of aromatic carboxylic acids is 1. The lowest BCUT2D eigenvalue weighted by molar-refractivity contribution is 0.0692. The van der Waals surface area contributed by atoms with Crippen molar-refractivity contribution in [2.75, 3.05) is 5.32 Å². The molecule has 1 aromatic heterocycles. The van der Waals surface area contributed by atoms with Crippen LogP contribution in [-0.4, -0.2) is 27.0 Å². The third kappa shape index (κ3) is 3.11. The molecular formula is C17H13N3O3. The Morgan fingerprint density at radius 3 is 2.30 bits per heavy atom. The minimum Gasteiger partial charge on any atom is -0.478 e. The molecule has 3 N–H and O–H groups in total. The van der Waals surface area contributed by atoms with Gasteiger partial charge in [-0.1, -0.05) is 42.5 Å². The molecule has 2 aromatic carbocycles. The summed E-state index contributed by atoms with van der Waals surface area (Å²) < 4.78 is 0. The van der Waals surface area contributed by atoms with E-state index in [0.29, 0.717) is 5.69 Å². The fourth-order valence-electron chi connectivity index (χ4n) is 2.19. The molecule has 0 radical (unpaired) electrons. The van der Waals surface area contributed by atoms with E-state index in [4.69, 9.17) is 5.11 Å². The molecule has 0 spiro atoms. The van der Waals surface area contributed by atoms with Crippen molar-refractivity contribution < 1.29 is 14.7 Å². The van der Waals surface area contributed by atoms with Gasteiger partial charge in [0.2, 0.25) is 5.95 Å². The van der Waals surface area contributed by atoms with Crippen LogP contribution in [0.4, 0.5) is 5.95 Å². The third-order valence-corrected chi connectivity index (χ3v) is 3.28. The number of anilines is 1. The number of aromatic nitrogens is 2. The van der Waals surface area contributed by atoms with Gasteiger partial charge in [-0.25, -0.2) is 9.78 Å². The zero-order valence-electron chi connectivity index (χ0n) is 12.0. The molecule has 0 unspecified atom stereocenters. The Hall–Kier alpha value is -3.41. The monoisotopic (exact) mass is 307 g/mol. The first kappa shape index (κ1) is 14.5. The Kier molecular flexibility index (Phi) is 3.88. The summed E-state index contributed by atoms with van der Waals surface area (Å²) in [7, 11) is 0. The van der Waals surface area contributed by atoms with Crippen molar-refractivity contribution in [2.24, 2.45) is 0 Å². The zero-order valence-corrected chi connectivity index (χ0v) is 12.0. The molecule has 0 bridgehead atoms. The molecule has 114 valence electrons. The number of carboxylic acid groups (broad SMARTS) is 1. The average molecular weight is 307 g/mol. The van der Waals surface area contributed by atoms with E-state index in [9.17, 15) is 9.59 Å². The van der Waals surface area contributed by atoms with E-state index in [2.05, 4.69) is 15.3 Å². The second-order valence-electron chi connectivity index (χ2n) is 4.81. The molecule has 1 amide bonds. The van der Waals surface area contributed by atoms with Crippen LogP contribution in [0, 0.1) is 0 Å². The van der Waals surface area contributed by atoms with E-state index in [-0.39, 0.29) is 17.1 Å². The van der Waals surface area contributed by atoms with Crippen molar-refractivity contribution in [1.29, 1.82) is 0 Å². The number of benzene rings is 2. The molecule has 0 saturated heterocycles. The smallest absolute Gasteiger partial charge is 0.336 e. The summed E-state index contributed by atoms with van der Waals surface area (Å²) >= 11 is 0. The number of nitrogens with one attached hydrogen (secondary N) is 2. The van der Waals surface area contributed by atoms with Gasteiger partial charge in [-0.15, -0.1) is 0 Å². The molecule has 1 heterocycles. The van der Waals surface area contributed by atoms with E-state index in [0.717, 1.165) is 5.56 Å². The van der Waals surface area contributed by atoms with Crippen LogP contribution >= 0.6 is 0 Å². The Morgan fingerprint density at radius 1 is 0.957 bits per heavy atom. The van der Waals surface area contributed by atoms with Crippen LogP contribution in [0.5, 0.6) is 0 Å². The molecule has 0 aliphatic carbocycles. The van der Waals surface area contributed by atoms with Gasteiger partial charge in [-0.2, -0.15) is 0 Å². The van der Waals surface area contributed by atoms with Crippen molar-refractivity contribution in [3.8, 4) is 11.3 Å². The van der Waals surface area contributed by atoms with E-state index < -0.39 is 11.9 Å². The number of carbonyl (C=O) groups excluding carboxylic acids is 1. The quantitative estimate of drug-likeness (QED) is 0.690. The van der Waals surface area contributed by atoms with Crippen LogP contribution in [0.1, 0.15) is 20.7 Å². The number of H-pyrrole nitrogens is 1. The molecule has 0 fully saturated rings. The highest BCUT2D eigenvalue weighted by Crippen LogP contribution is 2.18. The Morgan fingerprint density at radius 2 is 1.61 bits per heavy atom. The van der Waals surface area contributed by atoms with Gasteiger partial charge >= 0.3 is 5.97 Å². The van der Waals surface area contributed by atoms with Gasteiger partial charge in [-0.3, -0.25) is 10.1 Å². The highest BCUT2D eigenvalue weighted by molar-refractivity contribution is 6.10. The molecule has 0 aliphatic heterocycles. The Bertz CT molecular complexity index is 856. The maximum Gasteiger partial charge on any atom is 0.336 e. The standard InChI is InChI=1S/C17H13N3O3/c21-15(12-8-4-5-9-13(12)16(22)23)20-17-18-10-14(19-17)11-6-2-1-3-7-11/h1-10H,(H,22,23)(H2,18,19,20,21). The summed E-state index contributed by atoms with van der Waals surface area (Å²) in [6.45, 7) is 0. The van der Waals surface area contributed by atoms with Gasteiger partial charge in [0.1, 0.15) is 0 Å². The van der Waals surface area contributed by atoms with E-state index in [1.165, 1.54) is 12.1 Å². The lowest BCUT2D eigenvalue weighted by Crippen LogP contribution is -2.17. The van der Waals surface area contributed by atoms with Crippen LogP contribution in [0.25, 0.3) is 11.3 Å². The maximum atomic E-state index is 12.3. The van der Waals surface area contributed by atoms with Crippen molar-refractivity contribution in [2.45, 2.75) is 0 Å². The molecule has 3 rings (SSSR count). The van der Waals surface area contributed by atoms with E-state index >= 15 is 0 Å². The number of carboxylic acids is 1. The van der Waals surface area contributed by atoms with Crippen LogP contribution < -0.4 is 5.32 Å². The molecule has 0 saturated carbocycles. The Labute approximate surface area is 131 Å². The zero-order chi connectivity index (χ0) is 16.2. The first-order chi connectivity index (χ1) is 11.1. The number of carbonyl (C=O) groups is 2. The van der Waals surface area contributed by atoms with Crippen LogP contribution in [0.15, 0.2) is 60.8 Å². The van der Waals surface area contributed by atoms with Crippen molar-refractivity contribution >= 4 is 17.8 Å². The number of amides is 1. The highest BCUT2D eigenvalue weighted by atomic mass is 16.4. The summed E-state index contributed by atoms with van der Waals surface area (Å²) in [5.74, 6) is -1.42. The Balaban J connectivity index is 1.82. The fraction of sp³-hybridized carbons (Fsp3) is 0. The summed E-state index contributed by atoms with van der Waals surface area (Å²) in [5, 5.41) is 11.7. The molecule has 0 aliphatic rings. The van der Waals surface area contributed by atoms with Gasteiger partial charge in [0, 0.05) is 11.8 Å². The largest absolute Gasteiger partial charge is 0.478 e. The average Bonchev–Trinajstić information content (AvgIpc) is 3.04.